The third-order valence-corrected chi connectivity index (χ3v) is 3.74. The molecule has 2 atom stereocenters. The first-order valence-corrected chi connectivity index (χ1v) is 6.18. The number of carbonyl (C=O) groups excluding carboxylic acids is 1. The zero-order valence-electron chi connectivity index (χ0n) is 9.98. The number of aromatic nitrogens is 2. The van der Waals surface area contributed by atoms with E-state index >= 15 is 0 Å². The third kappa shape index (κ3) is 1.25. The van der Waals surface area contributed by atoms with Gasteiger partial charge in [0.25, 0.3) is 5.56 Å². The molecule has 1 aliphatic heterocycles. The highest BCUT2D eigenvalue weighted by atomic mass is 16.2. The molecule has 0 amide bonds. The summed E-state index contributed by atoms with van der Waals surface area (Å²) in [5.74, 6) is -0.0278. The van der Waals surface area contributed by atoms with E-state index in [4.69, 9.17) is 0 Å². The lowest BCUT2D eigenvalue weighted by molar-refractivity contribution is 0.0881. The van der Waals surface area contributed by atoms with Gasteiger partial charge in [0, 0.05) is 0 Å². The van der Waals surface area contributed by atoms with Gasteiger partial charge < -0.3 is 0 Å². The van der Waals surface area contributed by atoms with Crippen LogP contribution in [-0.4, -0.2) is 15.5 Å². The van der Waals surface area contributed by atoms with Crippen molar-refractivity contribution in [3.8, 4) is 0 Å². The standard InChI is InChI=1S/C15H10N2O2/c18-14-10-6-2-1-5-9(10)13-16-12-8-4-3-7-11(12)15(19)17(13)14/h1-10H. The fourth-order valence-electron chi connectivity index (χ4n) is 2.83. The first-order chi connectivity index (χ1) is 9.27. The lowest BCUT2D eigenvalue weighted by Crippen LogP contribution is -2.27. The summed E-state index contributed by atoms with van der Waals surface area (Å²) in [6.07, 6.45) is 7.51. The summed E-state index contributed by atoms with van der Waals surface area (Å²) in [7, 11) is 0. The van der Waals surface area contributed by atoms with E-state index in [1.165, 1.54) is 4.57 Å². The van der Waals surface area contributed by atoms with Gasteiger partial charge in [-0.15, -0.1) is 0 Å². The number of hydrogen-bond donors (Lipinski definition) is 0. The van der Waals surface area contributed by atoms with Crippen molar-refractivity contribution in [2.45, 2.75) is 5.92 Å². The van der Waals surface area contributed by atoms with Gasteiger partial charge in [-0.05, 0) is 12.1 Å². The molecule has 2 aliphatic rings. The maximum atomic E-state index is 12.4. The molecule has 0 bridgehead atoms. The van der Waals surface area contributed by atoms with E-state index in [9.17, 15) is 9.59 Å². The molecule has 0 saturated carbocycles. The second kappa shape index (κ2) is 3.51. The van der Waals surface area contributed by atoms with Crippen LogP contribution in [0.4, 0.5) is 0 Å². The summed E-state index contributed by atoms with van der Waals surface area (Å²) in [4.78, 5) is 29.3. The number of rotatable bonds is 0. The highest BCUT2D eigenvalue weighted by Crippen LogP contribution is 2.35. The van der Waals surface area contributed by atoms with Crippen molar-refractivity contribution >= 4 is 16.8 Å². The Morgan fingerprint density at radius 2 is 1.74 bits per heavy atom. The molecule has 19 heavy (non-hydrogen) atoms. The largest absolute Gasteiger partial charge is 0.273 e. The number of para-hydroxylation sites is 1. The Bertz CT molecular complexity index is 830. The average molecular weight is 250 g/mol. The van der Waals surface area contributed by atoms with Crippen LogP contribution in [0.3, 0.4) is 0 Å². The molecule has 0 spiro atoms. The quantitative estimate of drug-likeness (QED) is 0.717. The second-order valence-corrected chi connectivity index (χ2v) is 4.79. The van der Waals surface area contributed by atoms with E-state index in [0.29, 0.717) is 16.7 Å². The Hall–Kier alpha value is -2.49. The zero-order valence-corrected chi connectivity index (χ0v) is 9.98. The highest BCUT2D eigenvalue weighted by molar-refractivity contribution is 5.91. The predicted molar refractivity (Wildman–Crippen MR) is 71.1 cm³/mol. The van der Waals surface area contributed by atoms with Gasteiger partial charge in [-0.1, -0.05) is 36.4 Å². The van der Waals surface area contributed by atoms with Crippen LogP contribution in [0.5, 0.6) is 0 Å². The number of nitrogens with zero attached hydrogens (tertiary/aromatic N) is 2. The fourth-order valence-corrected chi connectivity index (χ4v) is 2.83. The number of fused-ring (bicyclic) bond motifs is 4. The normalized spacial score (nSPS) is 23.7. The van der Waals surface area contributed by atoms with Gasteiger partial charge in [0.05, 0.1) is 22.7 Å². The minimum Gasteiger partial charge on any atom is -0.273 e. The first-order valence-electron chi connectivity index (χ1n) is 6.18. The van der Waals surface area contributed by atoms with Gasteiger partial charge in [-0.3, -0.25) is 9.59 Å². The average Bonchev–Trinajstić information content (AvgIpc) is 2.74. The molecule has 1 aliphatic carbocycles. The molecule has 4 heteroatoms. The van der Waals surface area contributed by atoms with Crippen molar-refractivity contribution in [3.63, 3.8) is 0 Å². The van der Waals surface area contributed by atoms with E-state index in [1.54, 1.807) is 18.2 Å². The summed E-state index contributed by atoms with van der Waals surface area (Å²) in [5.41, 5.74) is 0.386. The van der Waals surface area contributed by atoms with E-state index in [-0.39, 0.29) is 23.3 Å². The van der Waals surface area contributed by atoms with E-state index in [1.807, 2.05) is 30.4 Å². The summed E-state index contributed by atoms with van der Waals surface area (Å²) in [6, 6.07) is 7.14. The molecule has 4 rings (SSSR count). The molecule has 0 fully saturated rings. The highest BCUT2D eigenvalue weighted by Gasteiger charge is 2.40. The number of allylic oxidation sites excluding steroid dienone is 4. The van der Waals surface area contributed by atoms with Crippen LogP contribution >= 0.6 is 0 Å². The van der Waals surface area contributed by atoms with E-state index < -0.39 is 0 Å². The Morgan fingerprint density at radius 3 is 2.58 bits per heavy atom. The van der Waals surface area contributed by atoms with Crippen molar-refractivity contribution < 1.29 is 4.79 Å². The monoisotopic (exact) mass is 250 g/mol. The third-order valence-electron chi connectivity index (χ3n) is 3.74. The van der Waals surface area contributed by atoms with E-state index in [0.717, 1.165) is 0 Å². The van der Waals surface area contributed by atoms with Crippen molar-refractivity contribution in [3.05, 3.63) is 64.7 Å². The minimum absolute atomic E-state index is 0.116. The maximum Gasteiger partial charge on any atom is 0.268 e. The minimum atomic E-state index is -0.290. The summed E-state index contributed by atoms with van der Waals surface area (Å²) < 4.78 is 1.23. The van der Waals surface area contributed by atoms with Crippen LogP contribution in [0, 0.1) is 5.92 Å². The lowest BCUT2D eigenvalue weighted by atomic mass is 9.90. The Labute approximate surface area is 108 Å². The van der Waals surface area contributed by atoms with Gasteiger partial charge in [0.1, 0.15) is 5.82 Å². The van der Waals surface area contributed by atoms with Crippen molar-refractivity contribution in [2.24, 2.45) is 5.92 Å². The summed E-state index contributed by atoms with van der Waals surface area (Å²) in [5, 5.41) is 0.492. The Morgan fingerprint density at radius 1 is 1.00 bits per heavy atom. The molecule has 2 heterocycles. The molecule has 92 valence electrons. The number of carbonyl (C=O) groups is 1. The van der Waals surface area contributed by atoms with Crippen LogP contribution in [0.15, 0.2) is 53.4 Å². The first kappa shape index (κ1) is 10.4. The molecule has 1 aromatic heterocycles. The van der Waals surface area contributed by atoms with Gasteiger partial charge in [0.2, 0.25) is 5.91 Å². The Balaban J connectivity index is 2.12. The van der Waals surface area contributed by atoms with E-state index in [2.05, 4.69) is 4.98 Å². The van der Waals surface area contributed by atoms with Gasteiger partial charge in [-0.25, -0.2) is 9.55 Å². The van der Waals surface area contributed by atoms with Crippen LogP contribution in [-0.2, 0) is 0 Å². The Kier molecular flexibility index (Phi) is 1.93. The van der Waals surface area contributed by atoms with Crippen LogP contribution in [0.1, 0.15) is 16.5 Å². The van der Waals surface area contributed by atoms with Crippen LogP contribution in [0.2, 0.25) is 0 Å². The lowest BCUT2D eigenvalue weighted by Gasteiger charge is -2.11. The van der Waals surface area contributed by atoms with Crippen molar-refractivity contribution in [1.82, 2.24) is 9.55 Å². The molecule has 2 unspecified atom stereocenters. The van der Waals surface area contributed by atoms with Gasteiger partial charge >= 0.3 is 0 Å². The van der Waals surface area contributed by atoms with Crippen molar-refractivity contribution in [2.75, 3.05) is 0 Å². The molecular weight excluding hydrogens is 240 g/mol. The van der Waals surface area contributed by atoms with Crippen LogP contribution < -0.4 is 5.56 Å². The zero-order chi connectivity index (χ0) is 13.0. The van der Waals surface area contributed by atoms with Crippen LogP contribution in [0.25, 0.3) is 10.9 Å². The number of hydrogen-bond acceptors (Lipinski definition) is 3. The van der Waals surface area contributed by atoms with Gasteiger partial charge in [0.15, 0.2) is 0 Å². The van der Waals surface area contributed by atoms with Gasteiger partial charge in [-0.2, -0.15) is 0 Å². The smallest absolute Gasteiger partial charge is 0.268 e. The molecule has 0 radical (unpaired) electrons. The SMILES string of the molecule is O=C1C2C=CC=CC2c2nc3ccccc3c(=O)n21. The predicted octanol–water partition coefficient (Wildman–Crippen LogP) is 1.88. The molecule has 1 aromatic carbocycles. The van der Waals surface area contributed by atoms with Crippen molar-refractivity contribution in [1.29, 1.82) is 0 Å². The summed E-state index contributed by atoms with van der Waals surface area (Å²) in [6.45, 7) is 0. The fraction of sp³-hybridized carbons (Fsp3) is 0.133. The summed E-state index contributed by atoms with van der Waals surface area (Å²) >= 11 is 0. The molecular formula is C15H10N2O2. The second-order valence-electron chi connectivity index (χ2n) is 4.79. The molecule has 0 saturated heterocycles. The maximum absolute atomic E-state index is 12.4. The topological polar surface area (TPSA) is 52.0 Å². The molecule has 0 N–H and O–H groups in total. The number of benzene rings is 1. The molecule has 2 aromatic rings. The molecule has 4 nitrogen and oxygen atoms in total.